The molecule has 3 heterocycles. The van der Waals surface area contributed by atoms with Crippen LogP contribution in [0, 0.1) is 0 Å². The second-order valence-electron chi connectivity index (χ2n) is 5.23. The van der Waals surface area contributed by atoms with Gasteiger partial charge in [0, 0.05) is 44.4 Å². The van der Waals surface area contributed by atoms with Crippen LogP contribution in [0.2, 0.25) is 0 Å². The van der Waals surface area contributed by atoms with Crippen LogP contribution in [0.5, 0.6) is 0 Å². The molecule has 3 aromatic heterocycles. The summed E-state index contributed by atoms with van der Waals surface area (Å²) in [5, 5.41) is 7.19. The molecule has 1 amide bonds. The van der Waals surface area contributed by atoms with E-state index in [1.807, 2.05) is 53.8 Å². The lowest BCUT2D eigenvalue weighted by molar-refractivity contribution is 0.0936. The van der Waals surface area contributed by atoms with Crippen molar-refractivity contribution in [3.63, 3.8) is 0 Å². The van der Waals surface area contributed by atoms with E-state index in [9.17, 15) is 4.79 Å². The Balaban J connectivity index is 1.76. The highest BCUT2D eigenvalue weighted by Gasteiger charge is 2.18. The molecule has 3 aromatic rings. The van der Waals surface area contributed by atoms with E-state index in [-0.39, 0.29) is 11.9 Å². The maximum absolute atomic E-state index is 12.5. The largest absolute Gasteiger partial charge is 0.348 e. The Kier molecular flexibility index (Phi) is 3.78. The summed E-state index contributed by atoms with van der Waals surface area (Å²) >= 11 is 0. The zero-order valence-electron chi connectivity index (χ0n) is 12.5. The molecule has 114 valence electrons. The minimum atomic E-state index is -0.135. The van der Waals surface area contributed by atoms with Gasteiger partial charge >= 0.3 is 0 Å². The van der Waals surface area contributed by atoms with E-state index in [0.717, 1.165) is 5.82 Å². The first-order chi connectivity index (χ1) is 10.6. The van der Waals surface area contributed by atoms with Gasteiger partial charge in [0.2, 0.25) is 0 Å². The average Bonchev–Trinajstić information content (AvgIpc) is 3.18. The Hall–Kier alpha value is -2.83. The summed E-state index contributed by atoms with van der Waals surface area (Å²) in [6, 6.07) is 3.81. The summed E-state index contributed by atoms with van der Waals surface area (Å²) in [4.78, 5) is 16.5. The van der Waals surface area contributed by atoms with Gasteiger partial charge in [-0.25, -0.2) is 4.98 Å². The van der Waals surface area contributed by atoms with E-state index in [0.29, 0.717) is 12.1 Å². The molecule has 0 aromatic carbocycles. The monoisotopic (exact) mass is 298 g/mol. The van der Waals surface area contributed by atoms with Gasteiger partial charge in [-0.15, -0.1) is 0 Å². The zero-order chi connectivity index (χ0) is 15.5. The first kappa shape index (κ1) is 14.1. The lowest BCUT2D eigenvalue weighted by Gasteiger charge is -2.15. The molecule has 0 radical (unpaired) electrons. The predicted molar refractivity (Wildman–Crippen MR) is 81.7 cm³/mol. The van der Waals surface area contributed by atoms with Crippen LogP contribution >= 0.6 is 0 Å². The fraction of sp³-hybridized carbons (Fsp3) is 0.267. The number of aryl methyl sites for hydroxylation is 1. The molecule has 0 saturated heterocycles. The standard InChI is InChI=1S/C15H18N6O/c1-12(10-20-8-5-16-11-20)18-14(22)13-9-17-19(2)15(13)21-6-3-4-7-21/h3-9,11-12H,10H2,1-2H3,(H,18,22)/t12-/m0/s1. The number of aromatic nitrogens is 5. The quantitative estimate of drug-likeness (QED) is 0.770. The molecule has 7 nitrogen and oxygen atoms in total. The highest BCUT2D eigenvalue weighted by Crippen LogP contribution is 2.14. The van der Waals surface area contributed by atoms with Crippen LogP contribution in [-0.4, -0.2) is 35.8 Å². The molecule has 0 aliphatic carbocycles. The van der Waals surface area contributed by atoms with Crippen molar-refractivity contribution in [2.24, 2.45) is 7.05 Å². The summed E-state index contributed by atoms with van der Waals surface area (Å²) < 4.78 is 5.50. The van der Waals surface area contributed by atoms with Crippen molar-refractivity contribution in [3.8, 4) is 5.82 Å². The predicted octanol–water partition coefficient (Wildman–Crippen LogP) is 1.23. The fourth-order valence-electron chi connectivity index (χ4n) is 2.43. The third kappa shape index (κ3) is 2.78. The number of amides is 1. The molecular weight excluding hydrogens is 280 g/mol. The Morgan fingerprint density at radius 1 is 1.32 bits per heavy atom. The third-order valence-corrected chi connectivity index (χ3v) is 3.42. The van der Waals surface area contributed by atoms with Crippen molar-refractivity contribution in [2.45, 2.75) is 19.5 Å². The van der Waals surface area contributed by atoms with Crippen molar-refractivity contribution < 1.29 is 4.79 Å². The van der Waals surface area contributed by atoms with Gasteiger partial charge in [0.25, 0.3) is 5.91 Å². The number of nitrogens with one attached hydrogen (secondary N) is 1. The Bertz CT molecular complexity index is 741. The lowest BCUT2D eigenvalue weighted by atomic mass is 10.2. The number of carbonyl (C=O) groups excluding carboxylic acids is 1. The van der Waals surface area contributed by atoms with Crippen LogP contribution in [0.15, 0.2) is 49.4 Å². The molecule has 0 aliphatic heterocycles. The van der Waals surface area contributed by atoms with E-state index in [1.165, 1.54) is 0 Å². The molecule has 7 heteroatoms. The first-order valence-electron chi connectivity index (χ1n) is 7.07. The van der Waals surface area contributed by atoms with Gasteiger partial charge < -0.3 is 14.5 Å². The summed E-state index contributed by atoms with van der Waals surface area (Å²) in [6.45, 7) is 2.63. The van der Waals surface area contributed by atoms with Gasteiger partial charge in [0.05, 0.1) is 12.5 Å². The smallest absolute Gasteiger partial charge is 0.256 e. The third-order valence-electron chi connectivity index (χ3n) is 3.42. The van der Waals surface area contributed by atoms with Gasteiger partial charge in [0.15, 0.2) is 0 Å². The minimum absolute atomic E-state index is 0.0144. The number of hydrogen-bond acceptors (Lipinski definition) is 3. The number of nitrogens with zero attached hydrogens (tertiary/aromatic N) is 5. The lowest BCUT2D eigenvalue weighted by Crippen LogP contribution is -2.35. The highest BCUT2D eigenvalue weighted by molar-refractivity contribution is 5.97. The molecule has 1 atom stereocenters. The number of imidazole rings is 1. The molecule has 3 rings (SSSR count). The van der Waals surface area contributed by atoms with Gasteiger partial charge in [0.1, 0.15) is 11.4 Å². The van der Waals surface area contributed by atoms with Crippen molar-refractivity contribution in [3.05, 3.63) is 55.0 Å². The van der Waals surface area contributed by atoms with Crippen LogP contribution in [-0.2, 0) is 13.6 Å². The normalized spacial score (nSPS) is 12.3. The molecule has 0 aliphatic rings. The Morgan fingerprint density at radius 2 is 2.09 bits per heavy atom. The second kappa shape index (κ2) is 5.88. The van der Waals surface area contributed by atoms with Gasteiger partial charge in [-0.2, -0.15) is 5.10 Å². The number of carbonyl (C=O) groups is 1. The number of hydrogen-bond donors (Lipinski definition) is 1. The second-order valence-corrected chi connectivity index (χ2v) is 5.23. The van der Waals surface area contributed by atoms with E-state index >= 15 is 0 Å². The van der Waals surface area contributed by atoms with Crippen molar-refractivity contribution >= 4 is 5.91 Å². The van der Waals surface area contributed by atoms with Crippen LogP contribution in [0.25, 0.3) is 5.82 Å². The van der Waals surface area contributed by atoms with Gasteiger partial charge in [-0.05, 0) is 19.1 Å². The van der Waals surface area contributed by atoms with Crippen molar-refractivity contribution in [2.75, 3.05) is 0 Å². The van der Waals surface area contributed by atoms with Gasteiger partial charge in [-0.3, -0.25) is 9.48 Å². The van der Waals surface area contributed by atoms with Crippen molar-refractivity contribution in [1.82, 2.24) is 29.2 Å². The molecule has 22 heavy (non-hydrogen) atoms. The summed E-state index contributed by atoms with van der Waals surface area (Å²) in [6.07, 6.45) is 10.7. The van der Waals surface area contributed by atoms with Gasteiger partial charge in [-0.1, -0.05) is 0 Å². The molecule has 0 saturated carbocycles. The molecular formula is C15H18N6O. The summed E-state index contributed by atoms with van der Waals surface area (Å²) in [7, 11) is 1.82. The summed E-state index contributed by atoms with van der Waals surface area (Å²) in [5.41, 5.74) is 0.552. The molecule has 0 bridgehead atoms. The molecule has 1 N–H and O–H groups in total. The van der Waals surface area contributed by atoms with E-state index < -0.39 is 0 Å². The van der Waals surface area contributed by atoms with Crippen LogP contribution in [0.1, 0.15) is 17.3 Å². The van der Waals surface area contributed by atoms with E-state index in [1.54, 1.807) is 23.4 Å². The molecule has 0 unspecified atom stereocenters. The van der Waals surface area contributed by atoms with E-state index in [2.05, 4.69) is 15.4 Å². The van der Waals surface area contributed by atoms with Crippen LogP contribution in [0.4, 0.5) is 0 Å². The molecule has 0 fully saturated rings. The topological polar surface area (TPSA) is 69.7 Å². The fourth-order valence-corrected chi connectivity index (χ4v) is 2.43. The minimum Gasteiger partial charge on any atom is -0.348 e. The van der Waals surface area contributed by atoms with Crippen LogP contribution < -0.4 is 5.32 Å². The zero-order valence-corrected chi connectivity index (χ0v) is 12.5. The first-order valence-corrected chi connectivity index (χ1v) is 7.07. The Morgan fingerprint density at radius 3 is 2.77 bits per heavy atom. The van der Waals surface area contributed by atoms with Crippen molar-refractivity contribution in [1.29, 1.82) is 0 Å². The van der Waals surface area contributed by atoms with E-state index in [4.69, 9.17) is 0 Å². The average molecular weight is 298 g/mol. The molecule has 0 spiro atoms. The maximum atomic E-state index is 12.5. The maximum Gasteiger partial charge on any atom is 0.256 e. The highest BCUT2D eigenvalue weighted by atomic mass is 16.1. The summed E-state index contributed by atoms with van der Waals surface area (Å²) in [5.74, 6) is 0.613. The van der Waals surface area contributed by atoms with Crippen LogP contribution in [0.3, 0.4) is 0 Å². The SMILES string of the molecule is C[C@@H](Cn1ccnc1)NC(=O)c1cnn(C)c1-n1cccc1. The number of rotatable bonds is 5. The Labute approximate surface area is 128 Å².